The second-order valence-corrected chi connectivity index (χ2v) is 6.02. The van der Waals surface area contributed by atoms with Crippen molar-refractivity contribution in [3.63, 3.8) is 0 Å². The number of carbonyl (C=O) groups excluding carboxylic acids is 1. The lowest BCUT2D eigenvalue weighted by Crippen LogP contribution is -2.31. The van der Waals surface area contributed by atoms with E-state index < -0.39 is 0 Å². The van der Waals surface area contributed by atoms with Crippen LogP contribution in [0.2, 0.25) is 0 Å². The fraction of sp³-hybridized carbons (Fsp3) is 0.692. The van der Waals surface area contributed by atoms with Crippen LogP contribution in [0.1, 0.15) is 43.4 Å². The molecule has 0 unspecified atom stereocenters. The summed E-state index contributed by atoms with van der Waals surface area (Å²) in [5, 5.41) is 14.8. The van der Waals surface area contributed by atoms with Gasteiger partial charge in [0.25, 0.3) is 0 Å². The van der Waals surface area contributed by atoms with Crippen LogP contribution in [-0.2, 0) is 0 Å². The number of carbonyl (C=O) groups is 1. The molecular weight excluding hydrogens is 246 g/mol. The summed E-state index contributed by atoms with van der Waals surface area (Å²) < 4.78 is 1.34. The Morgan fingerprint density at radius 3 is 2.42 bits per heavy atom. The molecule has 0 aliphatic heterocycles. The van der Waals surface area contributed by atoms with E-state index in [9.17, 15) is 14.9 Å². The molecule has 0 radical (unpaired) electrons. The predicted molar refractivity (Wildman–Crippen MR) is 71.8 cm³/mol. The van der Waals surface area contributed by atoms with Crippen molar-refractivity contribution in [1.29, 1.82) is 0 Å². The van der Waals surface area contributed by atoms with E-state index >= 15 is 0 Å². The number of aryl methyl sites for hydroxylation is 2. The topological polar surface area (TPSA) is 78.0 Å². The Hall–Kier alpha value is -1.72. The van der Waals surface area contributed by atoms with Crippen molar-refractivity contribution < 1.29 is 9.72 Å². The number of hydrogen-bond donors (Lipinski definition) is 0. The molecule has 0 spiro atoms. The first-order chi connectivity index (χ1) is 8.61. The number of aromatic nitrogens is 2. The standard InChI is InChI=1S/C13H21N3O3/c1-9-6-10(2)16(14-9)12(17)7-11(8-15(18)19)13(3,4)5/h6,11H,7-8H2,1-5H3/t11-/m0/s1. The third kappa shape index (κ3) is 4.15. The third-order valence-corrected chi connectivity index (χ3v) is 3.26. The van der Waals surface area contributed by atoms with Gasteiger partial charge in [0.2, 0.25) is 12.5 Å². The van der Waals surface area contributed by atoms with Crippen molar-refractivity contribution >= 4 is 5.91 Å². The van der Waals surface area contributed by atoms with E-state index in [0.717, 1.165) is 11.4 Å². The van der Waals surface area contributed by atoms with Crippen LogP contribution in [0.5, 0.6) is 0 Å². The van der Waals surface area contributed by atoms with Gasteiger partial charge in [0, 0.05) is 23.0 Å². The van der Waals surface area contributed by atoms with Crippen molar-refractivity contribution in [3.05, 3.63) is 27.6 Å². The van der Waals surface area contributed by atoms with Gasteiger partial charge in [-0.15, -0.1) is 0 Å². The average Bonchev–Trinajstić information content (AvgIpc) is 2.54. The van der Waals surface area contributed by atoms with Crippen LogP contribution in [0.15, 0.2) is 6.07 Å². The highest BCUT2D eigenvalue weighted by molar-refractivity contribution is 5.79. The molecule has 0 saturated carbocycles. The molecule has 0 N–H and O–H groups in total. The van der Waals surface area contributed by atoms with Gasteiger partial charge in [-0.25, -0.2) is 4.68 Å². The zero-order chi connectivity index (χ0) is 14.8. The van der Waals surface area contributed by atoms with Crippen LogP contribution in [0, 0.1) is 35.3 Å². The lowest BCUT2D eigenvalue weighted by molar-refractivity contribution is -0.491. The van der Waals surface area contributed by atoms with Crippen molar-refractivity contribution in [2.24, 2.45) is 11.3 Å². The maximum absolute atomic E-state index is 12.2. The zero-order valence-electron chi connectivity index (χ0n) is 12.1. The SMILES string of the molecule is Cc1cc(C)n(C(=O)C[C@@H](C[N+](=O)[O-])C(C)(C)C)n1. The monoisotopic (exact) mass is 267 g/mol. The molecule has 1 atom stereocenters. The van der Waals surface area contributed by atoms with Gasteiger partial charge in [-0.3, -0.25) is 14.9 Å². The summed E-state index contributed by atoms with van der Waals surface area (Å²) in [6, 6.07) is 1.82. The lowest BCUT2D eigenvalue weighted by atomic mass is 9.78. The molecule has 6 heteroatoms. The predicted octanol–water partition coefficient (Wildman–Crippen LogP) is 2.47. The minimum absolute atomic E-state index is 0.131. The first kappa shape index (κ1) is 15.3. The number of hydrogen-bond acceptors (Lipinski definition) is 4. The van der Waals surface area contributed by atoms with E-state index in [2.05, 4.69) is 5.10 Å². The molecule has 1 aromatic heterocycles. The smallest absolute Gasteiger partial charge is 0.247 e. The molecule has 0 fully saturated rings. The molecule has 0 amide bonds. The van der Waals surface area contributed by atoms with Gasteiger partial charge in [0.1, 0.15) is 0 Å². The maximum atomic E-state index is 12.2. The summed E-state index contributed by atoms with van der Waals surface area (Å²) in [5.74, 6) is -0.494. The zero-order valence-corrected chi connectivity index (χ0v) is 12.1. The van der Waals surface area contributed by atoms with E-state index in [0.29, 0.717) is 0 Å². The summed E-state index contributed by atoms with van der Waals surface area (Å²) in [7, 11) is 0. The fourth-order valence-corrected chi connectivity index (χ4v) is 2.00. The van der Waals surface area contributed by atoms with Crippen molar-refractivity contribution in [2.75, 3.05) is 6.54 Å². The lowest BCUT2D eigenvalue weighted by Gasteiger charge is -2.26. The molecule has 0 saturated heterocycles. The highest BCUT2D eigenvalue weighted by Gasteiger charge is 2.32. The fourth-order valence-electron chi connectivity index (χ4n) is 2.00. The van der Waals surface area contributed by atoms with Crippen molar-refractivity contribution in [1.82, 2.24) is 9.78 Å². The van der Waals surface area contributed by atoms with E-state index in [4.69, 9.17) is 0 Å². The van der Waals surface area contributed by atoms with Gasteiger partial charge in [-0.2, -0.15) is 5.10 Å². The van der Waals surface area contributed by atoms with Crippen LogP contribution < -0.4 is 0 Å². The largest absolute Gasteiger partial charge is 0.273 e. The quantitative estimate of drug-likeness (QED) is 0.620. The van der Waals surface area contributed by atoms with E-state index in [1.165, 1.54) is 4.68 Å². The van der Waals surface area contributed by atoms with Crippen molar-refractivity contribution in [2.45, 2.75) is 41.0 Å². The molecule has 0 aromatic carbocycles. The molecule has 19 heavy (non-hydrogen) atoms. The Bertz CT molecular complexity index is 486. The first-order valence-electron chi connectivity index (χ1n) is 6.29. The number of rotatable bonds is 4. The van der Waals surface area contributed by atoms with E-state index in [1.54, 1.807) is 6.92 Å². The Kier molecular flexibility index (Phi) is 4.44. The van der Waals surface area contributed by atoms with Crippen LogP contribution in [0.3, 0.4) is 0 Å². The van der Waals surface area contributed by atoms with E-state index in [-0.39, 0.29) is 35.1 Å². The molecule has 0 aliphatic rings. The van der Waals surface area contributed by atoms with Crippen molar-refractivity contribution in [3.8, 4) is 0 Å². The van der Waals surface area contributed by atoms with Gasteiger partial charge in [0.05, 0.1) is 5.69 Å². The first-order valence-corrected chi connectivity index (χ1v) is 6.29. The molecule has 0 aliphatic carbocycles. The summed E-state index contributed by atoms with van der Waals surface area (Å²) in [6.07, 6.45) is 0.131. The molecule has 1 heterocycles. The van der Waals surface area contributed by atoms with E-state index in [1.807, 2.05) is 33.8 Å². The molecule has 6 nitrogen and oxygen atoms in total. The highest BCUT2D eigenvalue weighted by Crippen LogP contribution is 2.29. The molecule has 0 bridgehead atoms. The summed E-state index contributed by atoms with van der Waals surface area (Å²) in [5.41, 5.74) is 1.24. The Morgan fingerprint density at radius 2 is 2.05 bits per heavy atom. The van der Waals surface area contributed by atoms with Crippen LogP contribution in [0.4, 0.5) is 0 Å². The second-order valence-electron chi connectivity index (χ2n) is 6.02. The summed E-state index contributed by atoms with van der Waals surface area (Å²) >= 11 is 0. The normalized spacial score (nSPS) is 13.3. The highest BCUT2D eigenvalue weighted by atomic mass is 16.6. The van der Waals surface area contributed by atoms with Gasteiger partial charge >= 0.3 is 0 Å². The molecular formula is C13H21N3O3. The molecule has 106 valence electrons. The number of nitrogens with zero attached hydrogens (tertiary/aromatic N) is 3. The van der Waals surface area contributed by atoms with Gasteiger partial charge in [0.15, 0.2) is 0 Å². The average molecular weight is 267 g/mol. The van der Waals surface area contributed by atoms with Crippen LogP contribution in [0.25, 0.3) is 0 Å². The minimum atomic E-state index is -0.357. The third-order valence-electron chi connectivity index (χ3n) is 3.26. The summed E-state index contributed by atoms with van der Waals surface area (Å²) in [4.78, 5) is 22.6. The Balaban J connectivity index is 2.88. The Labute approximate surface area is 113 Å². The van der Waals surface area contributed by atoms with Crippen LogP contribution >= 0.6 is 0 Å². The maximum Gasteiger partial charge on any atom is 0.247 e. The second kappa shape index (κ2) is 5.50. The molecule has 1 rings (SSSR count). The number of nitro groups is 1. The summed E-state index contributed by atoms with van der Waals surface area (Å²) in [6.45, 7) is 9.15. The molecule has 1 aromatic rings. The van der Waals surface area contributed by atoms with Crippen LogP contribution in [-0.4, -0.2) is 27.2 Å². The van der Waals surface area contributed by atoms with Gasteiger partial charge in [-0.1, -0.05) is 20.8 Å². The van der Waals surface area contributed by atoms with Gasteiger partial charge < -0.3 is 0 Å². The Morgan fingerprint density at radius 1 is 1.47 bits per heavy atom. The van der Waals surface area contributed by atoms with Gasteiger partial charge in [-0.05, 0) is 25.3 Å². The minimum Gasteiger partial charge on any atom is -0.273 e.